The molecule has 10 heteroatoms. The molecule has 1 aliphatic carbocycles. The Labute approximate surface area is 153 Å². The Kier molecular flexibility index (Phi) is 4.15. The van der Waals surface area contributed by atoms with E-state index in [1.54, 1.807) is 4.68 Å². The van der Waals surface area contributed by atoms with Crippen molar-refractivity contribution in [2.45, 2.75) is 31.7 Å². The van der Waals surface area contributed by atoms with Crippen LogP contribution < -0.4 is 11.1 Å². The van der Waals surface area contributed by atoms with Crippen LogP contribution in [-0.4, -0.2) is 30.6 Å². The average molecular weight is 367 g/mol. The molecular formula is C17H17N7O3. The number of nitrogen functional groups attached to an aromatic ring is 1. The molecule has 1 amide bonds. The van der Waals surface area contributed by atoms with Crippen molar-refractivity contribution in [2.24, 2.45) is 0 Å². The lowest BCUT2D eigenvalue weighted by atomic mass is 10.2. The topological polar surface area (TPSA) is 142 Å². The third kappa shape index (κ3) is 3.05. The summed E-state index contributed by atoms with van der Waals surface area (Å²) in [5.41, 5.74) is 7.05. The number of benzene rings is 1. The fourth-order valence-corrected chi connectivity index (χ4v) is 3.41. The molecule has 2 aromatic heterocycles. The molecule has 0 aliphatic heterocycles. The number of hydrogen-bond donors (Lipinski definition) is 2. The van der Waals surface area contributed by atoms with E-state index in [9.17, 15) is 14.9 Å². The van der Waals surface area contributed by atoms with Gasteiger partial charge in [-0.05, 0) is 25.0 Å². The Hall–Kier alpha value is -3.56. The van der Waals surface area contributed by atoms with Crippen LogP contribution >= 0.6 is 0 Å². The summed E-state index contributed by atoms with van der Waals surface area (Å²) in [6.07, 6.45) is 5.53. The first kappa shape index (κ1) is 16.9. The van der Waals surface area contributed by atoms with Crippen LogP contribution in [0.1, 0.15) is 42.2 Å². The second-order valence-corrected chi connectivity index (χ2v) is 6.45. The van der Waals surface area contributed by atoms with E-state index in [2.05, 4.69) is 20.4 Å². The zero-order valence-electron chi connectivity index (χ0n) is 14.3. The summed E-state index contributed by atoms with van der Waals surface area (Å²) >= 11 is 0. The predicted octanol–water partition coefficient (Wildman–Crippen LogP) is 2.68. The quantitative estimate of drug-likeness (QED) is 0.533. The number of nitro benzene ring substituents is 1. The van der Waals surface area contributed by atoms with Gasteiger partial charge in [0.15, 0.2) is 11.3 Å². The van der Waals surface area contributed by atoms with Crippen LogP contribution in [0.3, 0.4) is 0 Å². The van der Waals surface area contributed by atoms with Crippen molar-refractivity contribution in [3.63, 3.8) is 0 Å². The molecule has 0 saturated heterocycles. The van der Waals surface area contributed by atoms with E-state index in [4.69, 9.17) is 5.73 Å². The predicted molar refractivity (Wildman–Crippen MR) is 98.3 cm³/mol. The van der Waals surface area contributed by atoms with Gasteiger partial charge in [0.2, 0.25) is 0 Å². The van der Waals surface area contributed by atoms with Gasteiger partial charge in [-0.15, -0.1) is 0 Å². The van der Waals surface area contributed by atoms with Gasteiger partial charge in [0.25, 0.3) is 11.6 Å². The van der Waals surface area contributed by atoms with Gasteiger partial charge in [-0.2, -0.15) is 5.10 Å². The average Bonchev–Trinajstić information content (AvgIpc) is 3.30. The molecule has 1 fully saturated rings. The van der Waals surface area contributed by atoms with Gasteiger partial charge in [0.1, 0.15) is 12.1 Å². The number of hydrogen-bond acceptors (Lipinski definition) is 7. The fourth-order valence-electron chi connectivity index (χ4n) is 3.41. The van der Waals surface area contributed by atoms with Gasteiger partial charge in [-0.1, -0.05) is 12.8 Å². The molecule has 0 unspecified atom stereocenters. The Morgan fingerprint density at radius 3 is 2.59 bits per heavy atom. The Morgan fingerprint density at radius 2 is 1.93 bits per heavy atom. The van der Waals surface area contributed by atoms with Crippen LogP contribution in [0.2, 0.25) is 0 Å². The number of rotatable bonds is 4. The molecule has 0 atom stereocenters. The van der Waals surface area contributed by atoms with E-state index in [0.29, 0.717) is 16.7 Å². The molecule has 1 aliphatic rings. The van der Waals surface area contributed by atoms with Crippen molar-refractivity contribution in [3.05, 3.63) is 46.4 Å². The van der Waals surface area contributed by atoms with E-state index in [1.165, 1.54) is 30.6 Å². The van der Waals surface area contributed by atoms with Crippen LogP contribution in [0.4, 0.5) is 17.2 Å². The summed E-state index contributed by atoms with van der Waals surface area (Å²) in [5.74, 6) is -0.273. The molecule has 138 valence electrons. The Balaban J connectivity index is 1.70. The number of nitrogens with zero attached hydrogens (tertiary/aromatic N) is 5. The highest BCUT2D eigenvalue weighted by atomic mass is 16.6. The van der Waals surface area contributed by atoms with Gasteiger partial charge < -0.3 is 11.1 Å². The van der Waals surface area contributed by atoms with Crippen LogP contribution in [0.15, 0.2) is 30.6 Å². The zero-order chi connectivity index (χ0) is 19.0. The van der Waals surface area contributed by atoms with Crippen LogP contribution in [0, 0.1) is 10.1 Å². The summed E-state index contributed by atoms with van der Waals surface area (Å²) in [6.45, 7) is 0. The SMILES string of the molecule is Nc1ncnc2c1c(C(=O)Nc1ccc([N+](=O)[O-])cc1)nn2C1CCCC1. The number of nitrogens with one attached hydrogen (secondary N) is 1. The maximum absolute atomic E-state index is 12.8. The normalized spacial score (nSPS) is 14.5. The fraction of sp³-hybridized carbons (Fsp3) is 0.294. The molecule has 4 rings (SSSR count). The second-order valence-electron chi connectivity index (χ2n) is 6.45. The molecule has 27 heavy (non-hydrogen) atoms. The van der Waals surface area contributed by atoms with Gasteiger partial charge in [0, 0.05) is 17.8 Å². The summed E-state index contributed by atoms with van der Waals surface area (Å²) in [7, 11) is 0. The highest BCUT2D eigenvalue weighted by molar-refractivity contribution is 6.13. The van der Waals surface area contributed by atoms with Gasteiger partial charge in [-0.25, -0.2) is 14.6 Å². The molecule has 3 aromatic rings. The van der Waals surface area contributed by atoms with Gasteiger partial charge in [0.05, 0.1) is 16.4 Å². The molecule has 1 aromatic carbocycles. The summed E-state index contributed by atoms with van der Waals surface area (Å²) in [4.78, 5) is 31.3. The molecule has 1 saturated carbocycles. The summed E-state index contributed by atoms with van der Waals surface area (Å²) in [5, 5.41) is 18.4. The highest BCUT2D eigenvalue weighted by Crippen LogP contribution is 2.33. The molecule has 3 N–H and O–H groups in total. The molecule has 10 nitrogen and oxygen atoms in total. The number of aromatic nitrogens is 4. The monoisotopic (exact) mass is 367 g/mol. The number of nitrogens with two attached hydrogens (primary N) is 1. The number of fused-ring (bicyclic) bond motifs is 1. The van der Waals surface area contributed by atoms with Gasteiger partial charge in [-0.3, -0.25) is 14.9 Å². The van der Waals surface area contributed by atoms with Crippen LogP contribution in [0.25, 0.3) is 11.0 Å². The molecular weight excluding hydrogens is 350 g/mol. The number of carbonyl (C=O) groups excluding carboxylic acids is 1. The third-order valence-electron chi connectivity index (χ3n) is 4.74. The van der Waals surface area contributed by atoms with E-state index in [0.717, 1.165) is 25.7 Å². The standard InChI is InChI=1S/C17H17N7O3/c18-15-13-14(17(25)21-10-5-7-12(8-6-10)24(26)27)22-23(11-3-1-2-4-11)16(13)20-9-19-15/h5-9,11H,1-4H2,(H,21,25)(H2,18,19,20). The minimum absolute atomic E-state index is 0.0541. The third-order valence-corrected chi connectivity index (χ3v) is 4.74. The number of nitro groups is 1. The van der Waals surface area contributed by atoms with Crippen molar-refractivity contribution in [2.75, 3.05) is 11.1 Å². The lowest BCUT2D eigenvalue weighted by molar-refractivity contribution is -0.384. The van der Waals surface area contributed by atoms with Crippen molar-refractivity contribution < 1.29 is 9.72 Å². The lowest BCUT2D eigenvalue weighted by Gasteiger charge is -2.10. The van der Waals surface area contributed by atoms with Crippen molar-refractivity contribution in [1.82, 2.24) is 19.7 Å². The molecule has 0 radical (unpaired) electrons. The van der Waals surface area contributed by atoms with Gasteiger partial charge >= 0.3 is 0 Å². The largest absolute Gasteiger partial charge is 0.383 e. The minimum atomic E-state index is -0.500. The zero-order valence-corrected chi connectivity index (χ0v) is 14.3. The first-order chi connectivity index (χ1) is 13.0. The first-order valence-corrected chi connectivity index (χ1v) is 8.59. The lowest BCUT2D eigenvalue weighted by Crippen LogP contribution is -2.15. The molecule has 2 heterocycles. The maximum atomic E-state index is 12.8. The smallest absolute Gasteiger partial charge is 0.277 e. The van der Waals surface area contributed by atoms with Crippen molar-refractivity contribution >= 4 is 34.1 Å². The maximum Gasteiger partial charge on any atom is 0.277 e. The highest BCUT2D eigenvalue weighted by Gasteiger charge is 2.26. The number of non-ortho nitro benzene ring substituents is 1. The van der Waals surface area contributed by atoms with Crippen LogP contribution in [0.5, 0.6) is 0 Å². The van der Waals surface area contributed by atoms with E-state index in [-0.39, 0.29) is 23.2 Å². The summed E-state index contributed by atoms with van der Waals surface area (Å²) in [6, 6.07) is 5.76. The summed E-state index contributed by atoms with van der Waals surface area (Å²) < 4.78 is 1.77. The van der Waals surface area contributed by atoms with E-state index >= 15 is 0 Å². The van der Waals surface area contributed by atoms with Crippen molar-refractivity contribution in [3.8, 4) is 0 Å². The number of amides is 1. The Morgan fingerprint density at radius 1 is 1.22 bits per heavy atom. The van der Waals surface area contributed by atoms with Crippen molar-refractivity contribution in [1.29, 1.82) is 0 Å². The molecule has 0 bridgehead atoms. The van der Waals surface area contributed by atoms with Crippen LogP contribution in [-0.2, 0) is 0 Å². The Bertz CT molecular complexity index is 1020. The second kappa shape index (κ2) is 6.63. The van der Waals surface area contributed by atoms with E-state index in [1.807, 2.05) is 0 Å². The number of anilines is 2. The number of carbonyl (C=O) groups is 1. The first-order valence-electron chi connectivity index (χ1n) is 8.59. The van der Waals surface area contributed by atoms with E-state index < -0.39 is 10.8 Å². The minimum Gasteiger partial charge on any atom is -0.383 e. The molecule has 0 spiro atoms.